The second-order valence-corrected chi connectivity index (χ2v) is 8.49. The van der Waals surface area contributed by atoms with Gasteiger partial charge in [0.15, 0.2) is 0 Å². The van der Waals surface area contributed by atoms with E-state index in [1.54, 1.807) is 19.1 Å². The van der Waals surface area contributed by atoms with Crippen molar-refractivity contribution in [2.24, 2.45) is 0 Å². The fourth-order valence-electron chi connectivity index (χ4n) is 2.96. The zero-order valence-corrected chi connectivity index (χ0v) is 20.4. The number of amides is 1. The molecule has 0 atom stereocenters. The molecule has 1 aromatic heterocycles. The summed E-state index contributed by atoms with van der Waals surface area (Å²) in [6, 6.07) is 10.2. The first-order valence-electron chi connectivity index (χ1n) is 10.7. The van der Waals surface area contributed by atoms with Gasteiger partial charge < -0.3 is 14.4 Å². The molecule has 0 bridgehead atoms. The Hall–Kier alpha value is -2.99. The number of ether oxygens (including phenoxy) is 1. The lowest BCUT2D eigenvalue weighted by atomic mass is 10.2. The molecule has 1 aromatic carbocycles. The molecule has 0 saturated carbocycles. The fourth-order valence-corrected chi connectivity index (χ4v) is 4.02. The third-order valence-corrected chi connectivity index (χ3v) is 5.96. The van der Waals surface area contributed by atoms with Crippen molar-refractivity contribution in [1.29, 1.82) is 0 Å². The number of pyridine rings is 1. The Morgan fingerprint density at radius 3 is 2.66 bits per heavy atom. The van der Waals surface area contributed by atoms with Crippen LogP contribution in [-0.2, 0) is 4.79 Å². The number of carbonyl (C=O) groups excluding carboxylic acids is 1. The van der Waals surface area contributed by atoms with E-state index < -0.39 is 0 Å². The van der Waals surface area contributed by atoms with E-state index in [2.05, 4.69) is 33.7 Å². The zero-order valence-electron chi connectivity index (χ0n) is 19.6. The van der Waals surface area contributed by atoms with Gasteiger partial charge in [0.05, 0.1) is 19.0 Å². The molecule has 6 heteroatoms. The maximum Gasteiger partial charge on any atom is 0.224 e. The first-order valence-corrected chi connectivity index (χ1v) is 11.5. The van der Waals surface area contributed by atoms with E-state index in [1.807, 2.05) is 75.5 Å². The van der Waals surface area contributed by atoms with Crippen molar-refractivity contribution >= 4 is 23.5 Å². The van der Waals surface area contributed by atoms with E-state index in [-0.39, 0.29) is 5.91 Å². The Labute approximate surface area is 196 Å². The molecule has 0 unspecified atom stereocenters. The predicted octanol–water partition coefficient (Wildman–Crippen LogP) is 5.81. The lowest BCUT2D eigenvalue weighted by Crippen LogP contribution is -2.32. The Morgan fingerprint density at radius 1 is 1.19 bits per heavy atom. The summed E-state index contributed by atoms with van der Waals surface area (Å²) >= 11 is 1.65. The minimum absolute atomic E-state index is 0.0172. The van der Waals surface area contributed by atoms with E-state index in [0.717, 1.165) is 16.8 Å². The number of benzene rings is 1. The maximum absolute atomic E-state index is 12.4. The molecular weight excluding hydrogens is 418 g/mol. The van der Waals surface area contributed by atoms with Crippen LogP contribution in [0.4, 0.5) is 5.69 Å². The van der Waals surface area contributed by atoms with Gasteiger partial charge in [-0.1, -0.05) is 54.2 Å². The quantitative estimate of drug-likeness (QED) is 0.345. The summed E-state index contributed by atoms with van der Waals surface area (Å²) in [5, 5.41) is 3.04. The molecule has 1 heterocycles. The monoisotopic (exact) mass is 451 g/mol. The second-order valence-electron chi connectivity index (χ2n) is 7.42. The number of anilines is 1. The van der Waals surface area contributed by atoms with Gasteiger partial charge in [-0.2, -0.15) is 0 Å². The van der Waals surface area contributed by atoms with Crippen LogP contribution in [0.2, 0.25) is 0 Å². The molecule has 2 aromatic rings. The number of methoxy groups -OCH3 is 1. The van der Waals surface area contributed by atoms with Crippen molar-refractivity contribution in [3.63, 3.8) is 0 Å². The van der Waals surface area contributed by atoms with Crippen LogP contribution >= 0.6 is 11.9 Å². The molecule has 0 aliphatic rings. The summed E-state index contributed by atoms with van der Waals surface area (Å²) in [5.74, 6) is 0.606. The molecule has 0 radical (unpaired) electrons. The summed E-state index contributed by atoms with van der Waals surface area (Å²) in [6.07, 6.45) is 12.0. The number of nitrogens with zero attached hydrogens (tertiary/aromatic N) is 2. The fraction of sp³-hybridized carbons (Fsp3) is 0.308. The molecule has 0 spiro atoms. The maximum atomic E-state index is 12.4. The number of allylic oxidation sites excluding steroid dienone is 5. The number of nitrogens with one attached hydrogen (secondary N) is 1. The average molecular weight is 452 g/mol. The van der Waals surface area contributed by atoms with Crippen molar-refractivity contribution in [2.45, 2.75) is 39.0 Å². The van der Waals surface area contributed by atoms with Gasteiger partial charge >= 0.3 is 0 Å². The van der Waals surface area contributed by atoms with Gasteiger partial charge in [-0.3, -0.25) is 4.79 Å². The van der Waals surface area contributed by atoms with Crippen LogP contribution in [0.15, 0.2) is 77.4 Å². The zero-order chi connectivity index (χ0) is 23.3. The molecular formula is C26H33N3O2S. The summed E-state index contributed by atoms with van der Waals surface area (Å²) in [6.45, 7) is 9.25. The van der Waals surface area contributed by atoms with Crippen LogP contribution in [0.25, 0.3) is 0 Å². The van der Waals surface area contributed by atoms with Gasteiger partial charge in [-0.05, 0) is 56.8 Å². The predicted molar refractivity (Wildman–Crippen MR) is 135 cm³/mol. The summed E-state index contributed by atoms with van der Waals surface area (Å²) in [7, 11) is 1.61. The van der Waals surface area contributed by atoms with Gasteiger partial charge in [0.25, 0.3) is 0 Å². The van der Waals surface area contributed by atoms with Gasteiger partial charge in [0.2, 0.25) is 11.8 Å². The molecule has 32 heavy (non-hydrogen) atoms. The number of hydrogen-bond donors (Lipinski definition) is 1. The lowest BCUT2D eigenvalue weighted by Gasteiger charge is -2.25. The van der Waals surface area contributed by atoms with Crippen molar-refractivity contribution < 1.29 is 9.53 Å². The Balaban J connectivity index is 2.05. The van der Waals surface area contributed by atoms with Crippen molar-refractivity contribution in [1.82, 2.24) is 10.3 Å². The van der Waals surface area contributed by atoms with Crippen molar-refractivity contribution in [3.8, 4) is 5.88 Å². The number of aryl methyl sites for hydroxylation is 2. The van der Waals surface area contributed by atoms with Gasteiger partial charge in [0.1, 0.15) is 0 Å². The van der Waals surface area contributed by atoms with E-state index in [4.69, 9.17) is 4.74 Å². The molecule has 0 aliphatic heterocycles. The average Bonchev–Trinajstić information content (AvgIpc) is 2.77. The molecule has 170 valence electrons. The van der Waals surface area contributed by atoms with E-state index in [9.17, 15) is 4.79 Å². The van der Waals surface area contributed by atoms with E-state index in [1.165, 1.54) is 10.5 Å². The summed E-state index contributed by atoms with van der Waals surface area (Å²) in [5.41, 5.74) is 4.29. The molecule has 2 rings (SSSR count). The Morgan fingerprint density at radius 2 is 1.97 bits per heavy atom. The number of aromatic nitrogens is 1. The first-order chi connectivity index (χ1) is 15.4. The molecule has 1 amide bonds. The molecule has 0 saturated heterocycles. The highest BCUT2D eigenvalue weighted by atomic mass is 32.2. The number of rotatable bonds is 11. The Kier molecular flexibility index (Phi) is 10.6. The van der Waals surface area contributed by atoms with E-state index >= 15 is 0 Å². The van der Waals surface area contributed by atoms with E-state index in [0.29, 0.717) is 25.4 Å². The third kappa shape index (κ3) is 8.27. The minimum atomic E-state index is 0.0172. The van der Waals surface area contributed by atoms with Gasteiger partial charge in [-0.15, -0.1) is 0 Å². The normalized spacial score (nSPS) is 11.8. The smallest absolute Gasteiger partial charge is 0.224 e. The highest BCUT2D eigenvalue weighted by molar-refractivity contribution is 8.00. The summed E-state index contributed by atoms with van der Waals surface area (Å²) in [4.78, 5) is 17.9. The second kappa shape index (κ2) is 13.4. The summed E-state index contributed by atoms with van der Waals surface area (Å²) < 4.78 is 7.42. The van der Waals surface area contributed by atoms with Crippen LogP contribution in [0.5, 0.6) is 5.88 Å². The Bertz CT molecular complexity index is 983. The molecule has 0 aliphatic carbocycles. The van der Waals surface area contributed by atoms with Crippen molar-refractivity contribution in [3.05, 3.63) is 83.6 Å². The number of hydrogen-bond acceptors (Lipinski definition) is 5. The van der Waals surface area contributed by atoms with Crippen molar-refractivity contribution in [2.75, 3.05) is 24.5 Å². The van der Waals surface area contributed by atoms with Crippen LogP contribution in [0.1, 0.15) is 31.4 Å². The molecule has 0 fully saturated rings. The van der Waals surface area contributed by atoms with Crippen LogP contribution in [0, 0.1) is 13.8 Å². The third-order valence-electron chi connectivity index (χ3n) is 4.71. The highest BCUT2D eigenvalue weighted by Crippen LogP contribution is 2.33. The topological polar surface area (TPSA) is 54.5 Å². The standard InChI is InChI=1S/C26H33N3O2S/c1-6-7-8-9-12-20(2)17-25(30)27-15-16-29(32-24-14-11-10-13-21(24)3)23-19-28-26(31-5)18-22(23)4/h6-14,18-19H,15-17H2,1-5H3,(H,27,30)/b7-6-,9-8-,20-12+. The van der Waals surface area contributed by atoms with Gasteiger partial charge in [-0.25, -0.2) is 4.98 Å². The minimum Gasteiger partial charge on any atom is -0.481 e. The highest BCUT2D eigenvalue weighted by Gasteiger charge is 2.14. The largest absolute Gasteiger partial charge is 0.481 e. The van der Waals surface area contributed by atoms with Gasteiger partial charge in [0, 0.05) is 30.5 Å². The lowest BCUT2D eigenvalue weighted by molar-refractivity contribution is -0.120. The molecule has 5 nitrogen and oxygen atoms in total. The SMILES string of the molecule is C\C=C/C=C\C=C(/C)CC(=O)NCCN(Sc1ccccc1C)c1cnc(OC)cc1C. The first kappa shape index (κ1) is 25.3. The van der Waals surface area contributed by atoms with Crippen LogP contribution < -0.4 is 14.4 Å². The van der Waals surface area contributed by atoms with Crippen LogP contribution in [-0.4, -0.2) is 31.1 Å². The van der Waals surface area contributed by atoms with Crippen LogP contribution in [0.3, 0.4) is 0 Å². The number of carbonyl (C=O) groups is 1. The molecule has 1 N–H and O–H groups in total.